The van der Waals surface area contributed by atoms with Crippen molar-refractivity contribution < 1.29 is 13.2 Å². The summed E-state index contributed by atoms with van der Waals surface area (Å²) in [6, 6.07) is 10.9. The van der Waals surface area contributed by atoms with Crippen LogP contribution in [0.2, 0.25) is 0 Å². The molecule has 0 bridgehead atoms. The molecule has 1 aliphatic rings. The molecule has 0 spiro atoms. The zero-order valence-electron chi connectivity index (χ0n) is 12.8. The molecule has 24 heavy (non-hydrogen) atoms. The van der Waals surface area contributed by atoms with Crippen molar-refractivity contribution in [3.05, 3.63) is 48.8 Å². The number of aromatic nitrogens is 2. The van der Waals surface area contributed by atoms with Gasteiger partial charge in [-0.3, -0.25) is 13.8 Å². The maximum atomic E-state index is 13.0. The number of rotatable bonds is 2. The Kier molecular flexibility index (Phi) is 3.10. The summed E-state index contributed by atoms with van der Waals surface area (Å²) in [5.74, 6) is -0.383. The van der Waals surface area contributed by atoms with Crippen LogP contribution < -0.4 is 9.62 Å². The van der Waals surface area contributed by atoms with Crippen LogP contribution in [0, 0.1) is 0 Å². The quantitative estimate of drug-likeness (QED) is 0.768. The average Bonchev–Trinajstić information content (AvgIpc) is 2.93. The van der Waals surface area contributed by atoms with Gasteiger partial charge in [-0.05, 0) is 17.5 Å². The molecular formula is C16H14N4O3S. The Bertz CT molecular complexity index is 1070. The van der Waals surface area contributed by atoms with E-state index in [0.717, 1.165) is 9.69 Å². The third-order valence-electron chi connectivity index (χ3n) is 3.98. The first-order chi connectivity index (χ1) is 11.5. The van der Waals surface area contributed by atoms with Crippen LogP contribution in [0.1, 0.15) is 0 Å². The Morgan fingerprint density at radius 1 is 1.17 bits per heavy atom. The van der Waals surface area contributed by atoms with Crippen LogP contribution in [-0.2, 0) is 21.9 Å². The minimum absolute atomic E-state index is 0.0502. The average molecular weight is 342 g/mol. The number of nitrogens with zero attached hydrogens (tertiary/aromatic N) is 3. The van der Waals surface area contributed by atoms with E-state index in [4.69, 9.17) is 0 Å². The molecule has 7 nitrogen and oxygen atoms in total. The minimum atomic E-state index is -3.90. The Labute approximate surface area is 138 Å². The normalized spacial score (nSPS) is 14.5. The van der Waals surface area contributed by atoms with Gasteiger partial charge in [0.1, 0.15) is 11.4 Å². The summed E-state index contributed by atoms with van der Waals surface area (Å²) in [6.45, 7) is -0.287. The maximum absolute atomic E-state index is 13.0. The first-order valence-electron chi connectivity index (χ1n) is 7.30. The Balaban J connectivity index is 1.99. The standard InChI is InChI=1S/C16H14N4O3S/c1-19-9-12(8-17-19)24(22,23)20-10-15(21)18-13-6-2-4-11-5-3-7-14(20)16(11)13/h2-9H,10H2,1H3,(H,18,21). The van der Waals surface area contributed by atoms with E-state index in [2.05, 4.69) is 10.4 Å². The van der Waals surface area contributed by atoms with Gasteiger partial charge in [-0.15, -0.1) is 0 Å². The Morgan fingerprint density at radius 3 is 2.62 bits per heavy atom. The van der Waals surface area contributed by atoms with Crippen LogP contribution in [0.4, 0.5) is 11.4 Å². The van der Waals surface area contributed by atoms with Gasteiger partial charge in [0.25, 0.3) is 10.0 Å². The molecule has 4 rings (SSSR count). The van der Waals surface area contributed by atoms with E-state index in [-0.39, 0.29) is 17.3 Å². The molecular weight excluding hydrogens is 328 g/mol. The number of anilines is 2. The molecule has 2 aromatic carbocycles. The number of sulfonamides is 1. The zero-order valence-corrected chi connectivity index (χ0v) is 13.6. The van der Waals surface area contributed by atoms with E-state index in [1.165, 1.54) is 17.1 Å². The van der Waals surface area contributed by atoms with Gasteiger partial charge in [-0.2, -0.15) is 5.10 Å². The van der Waals surface area contributed by atoms with Crippen molar-refractivity contribution in [2.75, 3.05) is 16.2 Å². The molecule has 0 aliphatic carbocycles. The molecule has 1 amide bonds. The smallest absolute Gasteiger partial charge is 0.267 e. The number of carbonyl (C=O) groups excluding carboxylic acids is 1. The molecule has 0 atom stereocenters. The number of hydrogen-bond donors (Lipinski definition) is 1. The summed E-state index contributed by atoms with van der Waals surface area (Å²) >= 11 is 0. The fourth-order valence-electron chi connectivity index (χ4n) is 2.91. The molecule has 1 aromatic heterocycles. The minimum Gasteiger partial charge on any atom is -0.324 e. The molecule has 1 N–H and O–H groups in total. The Morgan fingerprint density at radius 2 is 1.92 bits per heavy atom. The fraction of sp³-hybridized carbons (Fsp3) is 0.125. The van der Waals surface area contributed by atoms with Gasteiger partial charge in [0, 0.05) is 18.6 Å². The van der Waals surface area contributed by atoms with E-state index in [1.807, 2.05) is 18.2 Å². The molecule has 0 radical (unpaired) electrons. The lowest BCUT2D eigenvalue weighted by Crippen LogP contribution is -2.36. The molecule has 0 saturated carbocycles. The van der Waals surface area contributed by atoms with Crippen molar-refractivity contribution in [1.29, 1.82) is 0 Å². The number of nitrogens with one attached hydrogen (secondary N) is 1. The van der Waals surface area contributed by atoms with E-state index >= 15 is 0 Å². The third kappa shape index (κ3) is 2.15. The number of carbonyl (C=O) groups is 1. The van der Waals surface area contributed by atoms with Gasteiger partial charge in [-0.1, -0.05) is 24.3 Å². The summed E-state index contributed by atoms with van der Waals surface area (Å²) in [5.41, 5.74) is 1.09. The second kappa shape index (κ2) is 5.07. The molecule has 0 saturated heterocycles. The highest BCUT2D eigenvalue weighted by Gasteiger charge is 2.32. The highest BCUT2D eigenvalue weighted by molar-refractivity contribution is 7.92. The first-order valence-corrected chi connectivity index (χ1v) is 8.74. The number of aryl methyl sites for hydroxylation is 1. The monoisotopic (exact) mass is 342 g/mol. The van der Waals surface area contributed by atoms with Gasteiger partial charge < -0.3 is 5.32 Å². The van der Waals surface area contributed by atoms with Gasteiger partial charge in [0.2, 0.25) is 5.91 Å². The van der Waals surface area contributed by atoms with Crippen molar-refractivity contribution in [3.8, 4) is 0 Å². The predicted molar refractivity (Wildman–Crippen MR) is 90.3 cm³/mol. The molecule has 3 aromatic rings. The largest absolute Gasteiger partial charge is 0.324 e. The third-order valence-corrected chi connectivity index (χ3v) is 5.69. The molecule has 122 valence electrons. The first kappa shape index (κ1) is 14.7. The van der Waals surface area contributed by atoms with Crippen LogP contribution in [0.5, 0.6) is 0 Å². The van der Waals surface area contributed by atoms with Crippen LogP contribution in [0.25, 0.3) is 10.8 Å². The summed E-state index contributed by atoms with van der Waals surface area (Å²) in [7, 11) is -2.25. The van der Waals surface area contributed by atoms with Crippen molar-refractivity contribution >= 4 is 38.1 Å². The summed E-state index contributed by atoms with van der Waals surface area (Å²) < 4.78 is 28.6. The molecule has 8 heteroatoms. The van der Waals surface area contributed by atoms with Crippen molar-refractivity contribution in [2.45, 2.75) is 4.90 Å². The number of amides is 1. The van der Waals surface area contributed by atoms with Gasteiger partial charge in [0.15, 0.2) is 0 Å². The lowest BCUT2D eigenvalue weighted by atomic mass is 10.1. The van der Waals surface area contributed by atoms with E-state index in [1.54, 1.807) is 25.2 Å². The highest BCUT2D eigenvalue weighted by atomic mass is 32.2. The summed E-state index contributed by atoms with van der Waals surface area (Å²) in [4.78, 5) is 12.3. The molecule has 1 aliphatic heterocycles. The van der Waals surface area contributed by atoms with Crippen LogP contribution in [0.3, 0.4) is 0 Å². The SMILES string of the molecule is Cn1cc(S(=O)(=O)N2CC(=O)Nc3cccc4cccc2c34)cn1. The maximum Gasteiger partial charge on any atom is 0.267 e. The van der Waals surface area contributed by atoms with Crippen LogP contribution in [0.15, 0.2) is 53.7 Å². The van der Waals surface area contributed by atoms with Gasteiger partial charge in [-0.25, -0.2) is 8.42 Å². The second-order valence-electron chi connectivity index (χ2n) is 5.59. The van der Waals surface area contributed by atoms with Crippen molar-refractivity contribution in [1.82, 2.24) is 9.78 Å². The highest BCUT2D eigenvalue weighted by Crippen LogP contribution is 2.37. The zero-order chi connectivity index (χ0) is 16.9. The van der Waals surface area contributed by atoms with Crippen LogP contribution in [-0.4, -0.2) is 30.7 Å². The van der Waals surface area contributed by atoms with Crippen molar-refractivity contribution in [3.63, 3.8) is 0 Å². The van der Waals surface area contributed by atoms with Crippen LogP contribution >= 0.6 is 0 Å². The van der Waals surface area contributed by atoms with E-state index < -0.39 is 10.0 Å². The molecule has 2 heterocycles. The van der Waals surface area contributed by atoms with E-state index in [0.29, 0.717) is 16.8 Å². The predicted octanol–water partition coefficient (Wildman–Crippen LogP) is 1.72. The number of hydrogen-bond acceptors (Lipinski definition) is 4. The van der Waals surface area contributed by atoms with E-state index in [9.17, 15) is 13.2 Å². The van der Waals surface area contributed by atoms with Crippen molar-refractivity contribution in [2.24, 2.45) is 7.05 Å². The molecule has 0 unspecified atom stereocenters. The topological polar surface area (TPSA) is 84.3 Å². The molecule has 0 fully saturated rings. The lowest BCUT2D eigenvalue weighted by Gasteiger charge is -2.22. The number of benzene rings is 2. The van der Waals surface area contributed by atoms with Gasteiger partial charge >= 0.3 is 0 Å². The van der Waals surface area contributed by atoms with Gasteiger partial charge in [0.05, 0.1) is 17.6 Å². The summed E-state index contributed by atoms with van der Waals surface area (Å²) in [6.07, 6.45) is 2.70. The summed E-state index contributed by atoms with van der Waals surface area (Å²) in [5, 5.41) is 8.27. The fourth-order valence-corrected chi connectivity index (χ4v) is 4.33. The Hall–Kier alpha value is -2.87. The second-order valence-corrected chi connectivity index (χ2v) is 7.45. The lowest BCUT2D eigenvalue weighted by molar-refractivity contribution is -0.114.